The van der Waals surface area contributed by atoms with E-state index in [0.717, 1.165) is 39.2 Å². The van der Waals surface area contributed by atoms with Crippen LogP contribution in [0.1, 0.15) is 36.0 Å². The number of rotatable bonds is 7. The Hall–Kier alpha value is -3.26. The molecule has 0 amide bonds. The van der Waals surface area contributed by atoms with Crippen molar-refractivity contribution in [2.75, 3.05) is 6.61 Å². The molecular formula is C21H24N6O2. The Bertz CT molecular complexity index is 1180. The number of oxime groups is 1. The zero-order valence-electron chi connectivity index (χ0n) is 16.8. The number of aromatic nitrogens is 5. The van der Waals surface area contributed by atoms with Crippen LogP contribution in [0.25, 0.3) is 16.7 Å². The first-order valence-electron chi connectivity index (χ1n) is 9.62. The highest BCUT2D eigenvalue weighted by molar-refractivity contribution is 5.98. The number of fused-ring (bicyclic) bond motifs is 3. The third-order valence-electron chi connectivity index (χ3n) is 5.12. The minimum absolute atomic E-state index is 0.149. The molecule has 3 aromatic heterocycles. The summed E-state index contributed by atoms with van der Waals surface area (Å²) in [4.78, 5) is 14.7. The smallest absolute Gasteiger partial charge is 0.192 e. The largest absolute Gasteiger partial charge is 0.396 e. The van der Waals surface area contributed by atoms with Crippen molar-refractivity contribution in [2.45, 2.75) is 40.3 Å². The van der Waals surface area contributed by atoms with Crippen molar-refractivity contribution < 1.29 is 9.94 Å². The Morgan fingerprint density at radius 3 is 2.72 bits per heavy atom. The molecule has 0 fully saturated rings. The lowest BCUT2D eigenvalue weighted by molar-refractivity contribution is 0.125. The zero-order chi connectivity index (χ0) is 20.4. The average molecular weight is 392 g/mol. The molecule has 0 aliphatic heterocycles. The quantitative estimate of drug-likeness (QED) is 0.386. The fraction of sp³-hybridized carbons (Fsp3) is 0.333. The van der Waals surface area contributed by atoms with Crippen LogP contribution in [-0.4, -0.2) is 41.6 Å². The summed E-state index contributed by atoms with van der Waals surface area (Å²) in [6.07, 6.45) is 2.35. The second-order valence-corrected chi connectivity index (χ2v) is 6.99. The topological polar surface area (TPSA) is 89.8 Å². The molecule has 0 radical (unpaired) electrons. The van der Waals surface area contributed by atoms with Gasteiger partial charge in [-0.05, 0) is 38.3 Å². The molecule has 29 heavy (non-hydrogen) atoms. The number of aryl methyl sites for hydroxylation is 2. The zero-order valence-corrected chi connectivity index (χ0v) is 16.8. The molecule has 0 unspecified atom stereocenters. The molecule has 4 aromatic rings. The predicted molar refractivity (Wildman–Crippen MR) is 111 cm³/mol. The molecule has 4 rings (SSSR count). The monoisotopic (exact) mass is 392 g/mol. The summed E-state index contributed by atoms with van der Waals surface area (Å²) in [6, 6.07) is 9.87. The summed E-state index contributed by atoms with van der Waals surface area (Å²) < 4.78 is 3.80. The summed E-state index contributed by atoms with van der Waals surface area (Å²) >= 11 is 0. The SMILES string of the molecule is C/C(=N\OCc1nc2c3c(C)c(C)n(CCCO)c3ncn2n1)c1ccccc1. The first-order chi connectivity index (χ1) is 14.1. The molecule has 0 saturated carbocycles. The second kappa shape index (κ2) is 8.00. The van der Waals surface area contributed by atoms with E-state index in [-0.39, 0.29) is 13.2 Å². The van der Waals surface area contributed by atoms with Gasteiger partial charge in [-0.2, -0.15) is 0 Å². The van der Waals surface area contributed by atoms with Gasteiger partial charge in [0.2, 0.25) is 0 Å². The van der Waals surface area contributed by atoms with Crippen LogP contribution in [-0.2, 0) is 18.0 Å². The molecule has 0 atom stereocenters. The van der Waals surface area contributed by atoms with Crippen LogP contribution in [0.4, 0.5) is 0 Å². The van der Waals surface area contributed by atoms with Crippen LogP contribution < -0.4 is 0 Å². The van der Waals surface area contributed by atoms with Crippen molar-refractivity contribution in [3.63, 3.8) is 0 Å². The number of hydrogen-bond acceptors (Lipinski definition) is 6. The minimum atomic E-state index is 0.149. The van der Waals surface area contributed by atoms with Gasteiger partial charge in [-0.15, -0.1) is 5.10 Å². The number of hydrogen-bond donors (Lipinski definition) is 1. The maximum absolute atomic E-state index is 9.18. The van der Waals surface area contributed by atoms with E-state index in [4.69, 9.17) is 4.84 Å². The molecule has 1 aromatic carbocycles. The van der Waals surface area contributed by atoms with E-state index in [9.17, 15) is 5.11 Å². The second-order valence-electron chi connectivity index (χ2n) is 6.99. The summed E-state index contributed by atoms with van der Waals surface area (Å²) in [7, 11) is 0. The fourth-order valence-corrected chi connectivity index (χ4v) is 3.46. The highest BCUT2D eigenvalue weighted by atomic mass is 16.6. The molecule has 0 spiro atoms. The van der Waals surface area contributed by atoms with Gasteiger partial charge >= 0.3 is 0 Å². The summed E-state index contributed by atoms with van der Waals surface area (Å²) in [6.45, 7) is 7.07. The van der Waals surface area contributed by atoms with E-state index in [1.54, 1.807) is 10.8 Å². The molecule has 3 heterocycles. The van der Waals surface area contributed by atoms with Crippen molar-refractivity contribution in [2.24, 2.45) is 5.16 Å². The van der Waals surface area contributed by atoms with E-state index in [0.29, 0.717) is 18.8 Å². The molecule has 150 valence electrons. The molecule has 0 bridgehead atoms. The number of aliphatic hydroxyl groups excluding tert-OH is 1. The Labute approximate surface area is 168 Å². The normalized spacial score (nSPS) is 12.2. The third kappa shape index (κ3) is 3.58. The number of benzene rings is 1. The van der Waals surface area contributed by atoms with Crippen LogP contribution in [0.15, 0.2) is 41.8 Å². The molecule has 0 aliphatic rings. The van der Waals surface area contributed by atoms with Crippen molar-refractivity contribution >= 4 is 22.4 Å². The van der Waals surface area contributed by atoms with E-state index < -0.39 is 0 Å². The lowest BCUT2D eigenvalue weighted by atomic mass is 10.1. The maximum atomic E-state index is 9.18. The lowest BCUT2D eigenvalue weighted by Crippen LogP contribution is -2.03. The first kappa shape index (κ1) is 19.1. The molecule has 0 saturated heterocycles. The van der Waals surface area contributed by atoms with Gasteiger partial charge in [0, 0.05) is 18.8 Å². The van der Waals surface area contributed by atoms with Gasteiger partial charge in [0.25, 0.3) is 0 Å². The van der Waals surface area contributed by atoms with Gasteiger partial charge in [-0.3, -0.25) is 0 Å². The van der Waals surface area contributed by atoms with Crippen LogP contribution in [0.3, 0.4) is 0 Å². The van der Waals surface area contributed by atoms with E-state index >= 15 is 0 Å². The minimum Gasteiger partial charge on any atom is -0.396 e. The maximum Gasteiger partial charge on any atom is 0.192 e. The van der Waals surface area contributed by atoms with Crippen molar-refractivity contribution in [3.05, 3.63) is 59.3 Å². The van der Waals surface area contributed by atoms with E-state index in [1.165, 1.54) is 0 Å². The van der Waals surface area contributed by atoms with Crippen LogP contribution >= 0.6 is 0 Å². The van der Waals surface area contributed by atoms with Gasteiger partial charge in [0.05, 0.1) is 11.1 Å². The van der Waals surface area contributed by atoms with Crippen molar-refractivity contribution in [3.8, 4) is 0 Å². The Morgan fingerprint density at radius 1 is 1.17 bits per heavy atom. The van der Waals surface area contributed by atoms with Crippen LogP contribution in [0.5, 0.6) is 0 Å². The Morgan fingerprint density at radius 2 is 1.97 bits per heavy atom. The Balaban J connectivity index is 1.62. The number of aliphatic hydroxyl groups is 1. The van der Waals surface area contributed by atoms with E-state index in [2.05, 4.69) is 38.6 Å². The summed E-state index contributed by atoms with van der Waals surface area (Å²) in [5.41, 5.74) is 5.66. The standard InChI is InChI=1S/C21H24N6O2/c1-14-16(3)26(10-7-11-28)20-19(14)21-23-18(24-27(21)13-22-20)12-29-25-15(2)17-8-5-4-6-9-17/h4-6,8-9,13,28H,7,10-12H2,1-3H3/b25-15+. The highest BCUT2D eigenvalue weighted by Gasteiger charge is 2.17. The van der Waals surface area contributed by atoms with Gasteiger partial charge in [-0.25, -0.2) is 14.5 Å². The Kier molecular flexibility index (Phi) is 5.26. The van der Waals surface area contributed by atoms with Gasteiger partial charge in [0.15, 0.2) is 18.1 Å². The van der Waals surface area contributed by atoms with Crippen LogP contribution in [0, 0.1) is 13.8 Å². The summed E-state index contributed by atoms with van der Waals surface area (Å²) in [5, 5.41) is 18.8. The van der Waals surface area contributed by atoms with Gasteiger partial charge in [0.1, 0.15) is 12.0 Å². The van der Waals surface area contributed by atoms with Crippen molar-refractivity contribution in [1.82, 2.24) is 24.1 Å². The average Bonchev–Trinajstić information content (AvgIpc) is 3.26. The van der Waals surface area contributed by atoms with Crippen LogP contribution in [0.2, 0.25) is 0 Å². The molecule has 8 heteroatoms. The number of nitrogens with zero attached hydrogens (tertiary/aromatic N) is 6. The van der Waals surface area contributed by atoms with E-state index in [1.807, 2.05) is 37.3 Å². The molecular weight excluding hydrogens is 368 g/mol. The summed E-state index contributed by atoms with van der Waals surface area (Å²) in [5.74, 6) is 0.545. The van der Waals surface area contributed by atoms with Crippen molar-refractivity contribution in [1.29, 1.82) is 0 Å². The fourth-order valence-electron chi connectivity index (χ4n) is 3.46. The third-order valence-corrected chi connectivity index (χ3v) is 5.12. The molecule has 8 nitrogen and oxygen atoms in total. The highest BCUT2D eigenvalue weighted by Crippen LogP contribution is 2.27. The molecule has 0 aliphatic carbocycles. The van der Waals surface area contributed by atoms with Gasteiger partial charge in [-0.1, -0.05) is 35.5 Å². The van der Waals surface area contributed by atoms with Gasteiger partial charge < -0.3 is 14.5 Å². The molecule has 1 N–H and O–H groups in total. The lowest BCUT2D eigenvalue weighted by Gasteiger charge is -2.05. The first-order valence-corrected chi connectivity index (χ1v) is 9.62. The predicted octanol–water partition coefficient (Wildman–Crippen LogP) is 3.02.